The van der Waals surface area contributed by atoms with Crippen molar-refractivity contribution in [3.8, 4) is 5.75 Å². The van der Waals surface area contributed by atoms with Gasteiger partial charge in [0.05, 0.1) is 12.2 Å². The van der Waals surface area contributed by atoms with Crippen LogP contribution in [0.15, 0.2) is 36.5 Å². The number of ether oxygens (including phenoxy) is 2. The predicted molar refractivity (Wildman–Crippen MR) is 85.4 cm³/mol. The van der Waals surface area contributed by atoms with E-state index in [9.17, 15) is 4.79 Å². The number of benzene rings is 1. The molecule has 4 rings (SSSR count). The summed E-state index contributed by atoms with van der Waals surface area (Å²) in [6.07, 6.45) is 3.46. The highest BCUT2D eigenvalue weighted by atomic mass is 16.5. The molecule has 1 atom stereocenters. The molecule has 7 nitrogen and oxygen atoms in total. The number of amides is 1. The summed E-state index contributed by atoms with van der Waals surface area (Å²) in [7, 11) is 0. The van der Waals surface area contributed by atoms with Crippen molar-refractivity contribution in [2.75, 3.05) is 19.7 Å². The van der Waals surface area contributed by atoms with Crippen LogP contribution >= 0.6 is 0 Å². The van der Waals surface area contributed by atoms with E-state index in [4.69, 9.17) is 9.47 Å². The van der Waals surface area contributed by atoms with Crippen LogP contribution in [0.2, 0.25) is 0 Å². The highest BCUT2D eigenvalue weighted by Crippen LogP contribution is 2.24. The normalized spacial score (nSPS) is 20.8. The highest BCUT2D eigenvalue weighted by molar-refractivity contribution is 5.82. The number of likely N-dealkylation sites (tertiary alicyclic amines) is 1. The molecular formula is C17H20N4O3. The van der Waals surface area contributed by atoms with E-state index >= 15 is 0 Å². The minimum Gasteiger partial charge on any atom is -0.487 e. The molecule has 126 valence electrons. The lowest BCUT2D eigenvalue weighted by molar-refractivity contribution is -0.147. The van der Waals surface area contributed by atoms with Crippen LogP contribution in [0.3, 0.4) is 0 Å². The zero-order valence-corrected chi connectivity index (χ0v) is 13.4. The molecule has 1 aromatic heterocycles. The minimum atomic E-state index is -0.239. The molecule has 0 spiro atoms. The van der Waals surface area contributed by atoms with Crippen molar-refractivity contribution in [1.82, 2.24) is 19.9 Å². The van der Waals surface area contributed by atoms with E-state index in [1.807, 2.05) is 46.1 Å². The molecule has 2 aliphatic rings. The molecule has 3 heterocycles. The number of para-hydroxylation sites is 1. The third kappa shape index (κ3) is 3.12. The SMILES string of the molecule is O=C([C@H]1CCCO1)N1CC(n2cc(COc3ccccc3)nn2)C1. The van der Waals surface area contributed by atoms with Gasteiger partial charge in [0.15, 0.2) is 0 Å². The molecule has 0 unspecified atom stereocenters. The van der Waals surface area contributed by atoms with E-state index in [2.05, 4.69) is 10.3 Å². The van der Waals surface area contributed by atoms with Crippen LogP contribution in [-0.4, -0.2) is 51.6 Å². The van der Waals surface area contributed by atoms with Crippen molar-refractivity contribution < 1.29 is 14.3 Å². The van der Waals surface area contributed by atoms with E-state index < -0.39 is 0 Å². The number of rotatable bonds is 5. The Hall–Kier alpha value is -2.41. The quantitative estimate of drug-likeness (QED) is 0.830. The molecule has 0 aliphatic carbocycles. The van der Waals surface area contributed by atoms with Gasteiger partial charge in [0, 0.05) is 19.7 Å². The smallest absolute Gasteiger partial charge is 0.251 e. The van der Waals surface area contributed by atoms with Crippen molar-refractivity contribution in [2.24, 2.45) is 0 Å². The topological polar surface area (TPSA) is 69.5 Å². The third-order valence-electron chi connectivity index (χ3n) is 4.44. The maximum Gasteiger partial charge on any atom is 0.251 e. The van der Waals surface area contributed by atoms with Crippen LogP contribution in [0.4, 0.5) is 0 Å². The number of carbonyl (C=O) groups excluding carboxylic acids is 1. The van der Waals surface area contributed by atoms with Crippen molar-refractivity contribution in [2.45, 2.75) is 31.6 Å². The van der Waals surface area contributed by atoms with Crippen LogP contribution in [0.1, 0.15) is 24.6 Å². The van der Waals surface area contributed by atoms with Crippen LogP contribution in [0, 0.1) is 0 Å². The average Bonchev–Trinajstić information content (AvgIpc) is 3.24. The summed E-state index contributed by atoms with van der Waals surface area (Å²) >= 11 is 0. The van der Waals surface area contributed by atoms with E-state index in [1.165, 1.54) is 0 Å². The highest BCUT2D eigenvalue weighted by Gasteiger charge is 2.37. The zero-order valence-electron chi connectivity index (χ0n) is 13.4. The Labute approximate surface area is 140 Å². The van der Waals surface area contributed by atoms with E-state index in [0.29, 0.717) is 26.3 Å². The average molecular weight is 328 g/mol. The van der Waals surface area contributed by atoms with Crippen molar-refractivity contribution in [3.63, 3.8) is 0 Å². The van der Waals surface area contributed by atoms with Gasteiger partial charge >= 0.3 is 0 Å². The summed E-state index contributed by atoms with van der Waals surface area (Å²) in [4.78, 5) is 14.0. The summed E-state index contributed by atoms with van der Waals surface area (Å²) in [5, 5.41) is 8.30. The van der Waals surface area contributed by atoms with Gasteiger partial charge in [-0.15, -0.1) is 5.10 Å². The van der Waals surface area contributed by atoms with Gasteiger partial charge in [-0.1, -0.05) is 23.4 Å². The summed E-state index contributed by atoms with van der Waals surface area (Å²) in [6, 6.07) is 9.81. The zero-order chi connectivity index (χ0) is 16.4. The first-order valence-electron chi connectivity index (χ1n) is 8.28. The first kappa shape index (κ1) is 15.1. The van der Waals surface area contributed by atoms with Gasteiger partial charge in [-0.2, -0.15) is 0 Å². The van der Waals surface area contributed by atoms with Gasteiger partial charge in [-0.3, -0.25) is 4.79 Å². The first-order chi connectivity index (χ1) is 11.8. The third-order valence-corrected chi connectivity index (χ3v) is 4.44. The summed E-state index contributed by atoms with van der Waals surface area (Å²) in [5.41, 5.74) is 0.780. The monoisotopic (exact) mass is 328 g/mol. The minimum absolute atomic E-state index is 0.108. The van der Waals surface area contributed by atoms with Crippen molar-refractivity contribution in [1.29, 1.82) is 0 Å². The van der Waals surface area contributed by atoms with Gasteiger partial charge in [0.25, 0.3) is 5.91 Å². The lowest BCUT2D eigenvalue weighted by Gasteiger charge is -2.39. The lowest BCUT2D eigenvalue weighted by atomic mass is 10.1. The van der Waals surface area contributed by atoms with Gasteiger partial charge in [0.2, 0.25) is 0 Å². The van der Waals surface area contributed by atoms with Crippen LogP contribution < -0.4 is 4.74 Å². The van der Waals surface area contributed by atoms with Crippen molar-refractivity contribution in [3.05, 3.63) is 42.2 Å². The second-order valence-corrected chi connectivity index (χ2v) is 6.19. The van der Waals surface area contributed by atoms with Crippen LogP contribution in [0.5, 0.6) is 5.75 Å². The molecule has 1 amide bonds. The Morgan fingerprint density at radius 3 is 2.88 bits per heavy atom. The number of nitrogens with zero attached hydrogens (tertiary/aromatic N) is 4. The van der Waals surface area contributed by atoms with Gasteiger partial charge < -0.3 is 14.4 Å². The predicted octanol–water partition coefficient (Wildman–Crippen LogP) is 1.42. The Kier molecular flexibility index (Phi) is 4.17. The van der Waals surface area contributed by atoms with E-state index in [-0.39, 0.29) is 18.1 Å². The molecule has 0 saturated carbocycles. The molecule has 2 fully saturated rings. The molecular weight excluding hydrogens is 308 g/mol. The molecule has 0 bridgehead atoms. The fraction of sp³-hybridized carbons (Fsp3) is 0.471. The molecule has 2 aromatic rings. The van der Waals surface area contributed by atoms with E-state index in [1.54, 1.807) is 0 Å². The molecule has 7 heteroatoms. The Morgan fingerprint density at radius 2 is 2.12 bits per heavy atom. The fourth-order valence-electron chi connectivity index (χ4n) is 3.01. The number of hydrogen-bond donors (Lipinski definition) is 0. The van der Waals surface area contributed by atoms with E-state index in [0.717, 1.165) is 24.3 Å². The van der Waals surface area contributed by atoms with Gasteiger partial charge in [0.1, 0.15) is 24.2 Å². The largest absolute Gasteiger partial charge is 0.487 e. The first-order valence-corrected chi connectivity index (χ1v) is 8.28. The molecule has 0 radical (unpaired) electrons. The summed E-state index contributed by atoms with van der Waals surface area (Å²) in [5.74, 6) is 0.917. The van der Waals surface area contributed by atoms with Gasteiger partial charge in [-0.05, 0) is 25.0 Å². The molecule has 0 N–H and O–H groups in total. The Balaban J connectivity index is 1.28. The molecule has 2 saturated heterocycles. The van der Waals surface area contributed by atoms with Crippen LogP contribution in [-0.2, 0) is 16.1 Å². The summed E-state index contributed by atoms with van der Waals surface area (Å²) < 4.78 is 12.9. The fourth-order valence-corrected chi connectivity index (χ4v) is 3.01. The molecule has 1 aromatic carbocycles. The standard InChI is InChI=1S/C17H20N4O3/c22-17(16-7-4-8-23-16)20-10-14(11-20)21-9-13(18-19-21)12-24-15-5-2-1-3-6-15/h1-3,5-6,9,14,16H,4,7-8,10-12H2/t16-/m1/s1. The lowest BCUT2D eigenvalue weighted by Crippen LogP contribution is -2.53. The molecule has 24 heavy (non-hydrogen) atoms. The second kappa shape index (κ2) is 6.60. The second-order valence-electron chi connectivity index (χ2n) is 6.19. The van der Waals surface area contributed by atoms with Crippen molar-refractivity contribution >= 4 is 5.91 Å². The number of carbonyl (C=O) groups is 1. The summed E-state index contributed by atoms with van der Waals surface area (Å²) in [6.45, 7) is 2.42. The van der Waals surface area contributed by atoms with Crippen LogP contribution in [0.25, 0.3) is 0 Å². The maximum absolute atomic E-state index is 12.2. The number of aromatic nitrogens is 3. The molecule has 2 aliphatic heterocycles. The Bertz CT molecular complexity index is 691. The number of hydrogen-bond acceptors (Lipinski definition) is 5. The maximum atomic E-state index is 12.2. The van der Waals surface area contributed by atoms with Gasteiger partial charge in [-0.25, -0.2) is 4.68 Å². The Morgan fingerprint density at radius 1 is 1.29 bits per heavy atom.